The van der Waals surface area contributed by atoms with Crippen molar-refractivity contribution in [2.75, 3.05) is 19.8 Å². The van der Waals surface area contributed by atoms with Crippen LogP contribution in [-0.2, 0) is 17.6 Å². The minimum Gasteiger partial charge on any atom is -0.446 e. The Labute approximate surface area is 104 Å². The van der Waals surface area contributed by atoms with Crippen molar-refractivity contribution in [2.45, 2.75) is 46.1 Å². The molecule has 0 aromatic carbocycles. The van der Waals surface area contributed by atoms with E-state index < -0.39 is 0 Å². The molecule has 98 valence electrons. The Balaban J connectivity index is 2.18. The zero-order valence-electron chi connectivity index (χ0n) is 11.2. The fraction of sp³-hybridized carbons (Fsp3) is 0.769. The van der Waals surface area contributed by atoms with Gasteiger partial charge in [0.1, 0.15) is 5.76 Å². The van der Waals surface area contributed by atoms with E-state index in [1.165, 1.54) is 0 Å². The molecule has 0 saturated heterocycles. The van der Waals surface area contributed by atoms with Gasteiger partial charge in [-0.15, -0.1) is 0 Å². The Morgan fingerprint density at radius 1 is 1.41 bits per heavy atom. The quantitative estimate of drug-likeness (QED) is 0.672. The van der Waals surface area contributed by atoms with E-state index in [0.717, 1.165) is 50.7 Å². The number of hydrogen-bond donors (Lipinski definition) is 1. The summed E-state index contributed by atoms with van der Waals surface area (Å²) in [7, 11) is 0. The minimum absolute atomic E-state index is 0.510. The van der Waals surface area contributed by atoms with E-state index in [1.54, 1.807) is 0 Å². The monoisotopic (exact) mass is 240 g/mol. The zero-order valence-corrected chi connectivity index (χ0v) is 11.2. The van der Waals surface area contributed by atoms with E-state index >= 15 is 0 Å². The van der Waals surface area contributed by atoms with Crippen LogP contribution in [0.4, 0.5) is 0 Å². The van der Waals surface area contributed by atoms with Gasteiger partial charge in [0, 0.05) is 38.6 Å². The lowest BCUT2D eigenvalue weighted by Crippen LogP contribution is -2.24. The molecule has 0 bridgehead atoms. The standard InChI is InChI=1S/C13H24N2O2/c1-4-16-9-5-6-12-10-15-13(17-12)7-8-14-11(2)3/h10-11,14H,4-9H2,1-3H3. The van der Waals surface area contributed by atoms with E-state index in [-0.39, 0.29) is 0 Å². The number of ether oxygens (including phenoxy) is 1. The van der Waals surface area contributed by atoms with Crippen LogP contribution in [0.15, 0.2) is 10.6 Å². The van der Waals surface area contributed by atoms with Crippen LogP contribution < -0.4 is 5.32 Å². The summed E-state index contributed by atoms with van der Waals surface area (Å²) >= 11 is 0. The maximum absolute atomic E-state index is 5.64. The van der Waals surface area contributed by atoms with Gasteiger partial charge in [-0.25, -0.2) is 4.98 Å². The molecular formula is C13H24N2O2. The first-order chi connectivity index (χ1) is 8.22. The molecule has 0 unspecified atom stereocenters. The molecule has 0 aliphatic heterocycles. The van der Waals surface area contributed by atoms with Crippen molar-refractivity contribution in [3.63, 3.8) is 0 Å². The molecule has 0 radical (unpaired) electrons. The van der Waals surface area contributed by atoms with Crippen LogP contribution in [0.25, 0.3) is 0 Å². The Hall–Kier alpha value is -0.870. The van der Waals surface area contributed by atoms with E-state index in [4.69, 9.17) is 9.15 Å². The van der Waals surface area contributed by atoms with Crippen LogP contribution in [0.5, 0.6) is 0 Å². The number of hydrogen-bond acceptors (Lipinski definition) is 4. The molecule has 1 heterocycles. The van der Waals surface area contributed by atoms with Crippen LogP contribution in [0.2, 0.25) is 0 Å². The molecule has 17 heavy (non-hydrogen) atoms. The minimum atomic E-state index is 0.510. The highest BCUT2D eigenvalue weighted by molar-refractivity contribution is 4.94. The fourth-order valence-electron chi connectivity index (χ4n) is 1.54. The fourth-order valence-corrected chi connectivity index (χ4v) is 1.54. The summed E-state index contributed by atoms with van der Waals surface area (Å²) in [5, 5.41) is 3.34. The normalized spacial score (nSPS) is 11.3. The average molecular weight is 240 g/mol. The van der Waals surface area contributed by atoms with Gasteiger partial charge in [-0.05, 0) is 13.3 Å². The van der Waals surface area contributed by atoms with Gasteiger partial charge < -0.3 is 14.5 Å². The molecule has 1 aromatic heterocycles. The summed E-state index contributed by atoms with van der Waals surface area (Å²) in [6, 6.07) is 0.510. The molecule has 1 aromatic rings. The number of rotatable bonds is 9. The summed E-state index contributed by atoms with van der Waals surface area (Å²) in [4.78, 5) is 4.26. The third-order valence-corrected chi connectivity index (χ3v) is 2.41. The number of aryl methyl sites for hydroxylation is 1. The molecule has 1 rings (SSSR count). The lowest BCUT2D eigenvalue weighted by Gasteiger charge is -2.05. The summed E-state index contributed by atoms with van der Waals surface area (Å²) in [6.45, 7) is 8.76. The third kappa shape index (κ3) is 6.44. The van der Waals surface area contributed by atoms with Crippen molar-refractivity contribution < 1.29 is 9.15 Å². The maximum atomic E-state index is 5.64. The Morgan fingerprint density at radius 3 is 2.94 bits per heavy atom. The Kier molecular flexibility index (Phi) is 6.89. The molecule has 0 spiro atoms. The number of aromatic nitrogens is 1. The van der Waals surface area contributed by atoms with Crippen molar-refractivity contribution in [1.29, 1.82) is 0 Å². The highest BCUT2D eigenvalue weighted by Crippen LogP contribution is 2.07. The summed E-state index contributed by atoms with van der Waals surface area (Å²) < 4.78 is 10.9. The molecule has 4 heteroatoms. The zero-order chi connectivity index (χ0) is 12.5. The molecule has 4 nitrogen and oxygen atoms in total. The summed E-state index contributed by atoms with van der Waals surface area (Å²) in [5.41, 5.74) is 0. The molecule has 1 N–H and O–H groups in total. The number of oxazole rings is 1. The molecule has 0 aliphatic carbocycles. The number of nitrogens with zero attached hydrogens (tertiary/aromatic N) is 1. The van der Waals surface area contributed by atoms with Crippen molar-refractivity contribution in [2.24, 2.45) is 0 Å². The van der Waals surface area contributed by atoms with Gasteiger partial charge in [0.25, 0.3) is 0 Å². The smallest absolute Gasteiger partial charge is 0.195 e. The van der Waals surface area contributed by atoms with Crippen molar-refractivity contribution >= 4 is 0 Å². The largest absolute Gasteiger partial charge is 0.446 e. The first-order valence-electron chi connectivity index (χ1n) is 6.47. The van der Waals surface area contributed by atoms with Gasteiger partial charge in [0.05, 0.1) is 6.20 Å². The molecular weight excluding hydrogens is 216 g/mol. The van der Waals surface area contributed by atoms with Gasteiger partial charge in [-0.2, -0.15) is 0 Å². The predicted molar refractivity (Wildman–Crippen MR) is 68.2 cm³/mol. The van der Waals surface area contributed by atoms with Gasteiger partial charge in [-0.1, -0.05) is 13.8 Å². The Bertz CT molecular complexity index is 297. The van der Waals surface area contributed by atoms with Gasteiger partial charge in [-0.3, -0.25) is 0 Å². The van der Waals surface area contributed by atoms with Crippen LogP contribution >= 0.6 is 0 Å². The average Bonchev–Trinajstić information content (AvgIpc) is 2.72. The van der Waals surface area contributed by atoms with Gasteiger partial charge in [0.15, 0.2) is 5.89 Å². The van der Waals surface area contributed by atoms with Crippen LogP contribution in [0, 0.1) is 0 Å². The highest BCUT2D eigenvalue weighted by Gasteiger charge is 2.04. The van der Waals surface area contributed by atoms with Crippen LogP contribution in [0.3, 0.4) is 0 Å². The topological polar surface area (TPSA) is 47.3 Å². The first kappa shape index (κ1) is 14.2. The summed E-state index contributed by atoms with van der Waals surface area (Å²) in [6.07, 6.45) is 4.58. The van der Waals surface area contributed by atoms with Crippen molar-refractivity contribution in [1.82, 2.24) is 10.3 Å². The Morgan fingerprint density at radius 2 is 2.24 bits per heavy atom. The lowest BCUT2D eigenvalue weighted by molar-refractivity contribution is 0.144. The van der Waals surface area contributed by atoms with Gasteiger partial charge in [0.2, 0.25) is 0 Å². The summed E-state index contributed by atoms with van der Waals surface area (Å²) in [5.74, 6) is 1.79. The number of nitrogens with one attached hydrogen (secondary N) is 1. The molecule has 0 atom stereocenters. The van der Waals surface area contributed by atoms with E-state index in [0.29, 0.717) is 6.04 Å². The molecule has 0 saturated carbocycles. The third-order valence-electron chi connectivity index (χ3n) is 2.41. The second kappa shape index (κ2) is 8.25. The second-order valence-corrected chi connectivity index (χ2v) is 4.38. The van der Waals surface area contributed by atoms with E-state index in [2.05, 4.69) is 24.1 Å². The van der Waals surface area contributed by atoms with Crippen LogP contribution in [0.1, 0.15) is 38.8 Å². The van der Waals surface area contributed by atoms with Gasteiger partial charge >= 0.3 is 0 Å². The molecule has 0 aliphatic rings. The molecule has 0 fully saturated rings. The maximum Gasteiger partial charge on any atom is 0.195 e. The van der Waals surface area contributed by atoms with Crippen LogP contribution in [-0.4, -0.2) is 30.8 Å². The van der Waals surface area contributed by atoms with E-state index in [1.807, 2.05) is 13.1 Å². The SMILES string of the molecule is CCOCCCc1cnc(CCNC(C)C)o1. The first-order valence-corrected chi connectivity index (χ1v) is 6.47. The second-order valence-electron chi connectivity index (χ2n) is 4.38. The lowest BCUT2D eigenvalue weighted by atomic mass is 10.3. The molecule has 0 amide bonds. The van der Waals surface area contributed by atoms with Crippen molar-refractivity contribution in [3.05, 3.63) is 17.8 Å². The predicted octanol–water partition coefficient (Wildman–Crippen LogP) is 2.18. The highest BCUT2D eigenvalue weighted by atomic mass is 16.5. The van der Waals surface area contributed by atoms with E-state index in [9.17, 15) is 0 Å². The van der Waals surface area contributed by atoms with Crippen molar-refractivity contribution in [3.8, 4) is 0 Å².